The van der Waals surface area contributed by atoms with Crippen LogP contribution in [0.1, 0.15) is 27.5 Å². The molecule has 35 heavy (non-hydrogen) atoms. The first-order chi connectivity index (χ1) is 16.8. The maximum absolute atomic E-state index is 13.6. The molecule has 2 heterocycles. The maximum atomic E-state index is 13.6. The minimum Gasteiger partial charge on any atom is -0.379 e. The SMILES string of the molecule is O=C(NCC(c1ccc(C(F)(F)F)cc1)N1CCOCC1)c1cccnc1Nc1cccc(F)c1. The summed E-state index contributed by atoms with van der Waals surface area (Å²) in [6.45, 7) is 2.32. The van der Waals surface area contributed by atoms with Crippen LogP contribution in [-0.2, 0) is 10.9 Å². The van der Waals surface area contributed by atoms with E-state index in [0.29, 0.717) is 37.6 Å². The van der Waals surface area contributed by atoms with E-state index in [1.54, 1.807) is 18.2 Å². The third-order valence-corrected chi connectivity index (χ3v) is 5.70. The van der Waals surface area contributed by atoms with Gasteiger partial charge in [-0.15, -0.1) is 0 Å². The molecule has 10 heteroatoms. The highest BCUT2D eigenvalue weighted by Crippen LogP contribution is 2.31. The van der Waals surface area contributed by atoms with Gasteiger partial charge in [0.1, 0.15) is 11.6 Å². The van der Waals surface area contributed by atoms with Gasteiger partial charge in [-0.2, -0.15) is 13.2 Å². The molecular weight excluding hydrogens is 464 g/mol. The second-order valence-corrected chi connectivity index (χ2v) is 8.03. The van der Waals surface area contributed by atoms with Crippen molar-refractivity contribution < 1.29 is 27.1 Å². The van der Waals surface area contributed by atoms with Crippen molar-refractivity contribution >= 4 is 17.4 Å². The van der Waals surface area contributed by atoms with Crippen molar-refractivity contribution in [3.8, 4) is 0 Å². The molecule has 1 atom stereocenters. The van der Waals surface area contributed by atoms with Gasteiger partial charge in [0.05, 0.1) is 30.4 Å². The Kier molecular flexibility index (Phi) is 7.62. The molecule has 1 unspecified atom stereocenters. The van der Waals surface area contributed by atoms with E-state index in [9.17, 15) is 22.4 Å². The summed E-state index contributed by atoms with van der Waals surface area (Å²) in [6.07, 6.45) is -2.91. The van der Waals surface area contributed by atoms with E-state index in [4.69, 9.17) is 4.74 Å². The molecule has 2 aromatic carbocycles. The van der Waals surface area contributed by atoms with Crippen molar-refractivity contribution in [3.05, 3.63) is 89.4 Å². The number of halogens is 4. The lowest BCUT2D eigenvalue weighted by Crippen LogP contribution is -2.43. The number of hydrogen-bond donors (Lipinski definition) is 2. The van der Waals surface area contributed by atoms with Crippen molar-refractivity contribution in [3.63, 3.8) is 0 Å². The van der Waals surface area contributed by atoms with Gasteiger partial charge < -0.3 is 15.4 Å². The van der Waals surface area contributed by atoms with E-state index in [1.807, 2.05) is 0 Å². The van der Waals surface area contributed by atoms with Crippen LogP contribution in [0.15, 0.2) is 66.9 Å². The summed E-state index contributed by atoms with van der Waals surface area (Å²) in [5.74, 6) is -0.586. The molecule has 0 saturated carbocycles. The molecule has 4 rings (SSSR count). The first-order valence-corrected chi connectivity index (χ1v) is 11.1. The molecule has 0 bridgehead atoms. The third kappa shape index (κ3) is 6.34. The zero-order chi connectivity index (χ0) is 24.8. The zero-order valence-electron chi connectivity index (χ0n) is 18.7. The van der Waals surface area contributed by atoms with Crippen LogP contribution in [0.4, 0.5) is 29.1 Å². The number of amides is 1. The number of hydrogen-bond acceptors (Lipinski definition) is 5. The number of ether oxygens (including phenoxy) is 1. The first-order valence-electron chi connectivity index (χ1n) is 11.1. The van der Waals surface area contributed by atoms with Crippen LogP contribution in [0.2, 0.25) is 0 Å². The minimum atomic E-state index is -4.42. The standard InChI is InChI=1S/C25H24F4N4O2/c26-19-3-1-4-20(15-19)32-23-21(5-2-10-30-23)24(34)31-16-22(33-11-13-35-14-12-33)17-6-8-18(9-7-17)25(27,28)29/h1-10,15,22H,11-14,16H2,(H,30,32)(H,31,34). The van der Waals surface area contributed by atoms with E-state index in [-0.39, 0.29) is 24.0 Å². The smallest absolute Gasteiger partial charge is 0.379 e. The summed E-state index contributed by atoms with van der Waals surface area (Å²) < 4.78 is 58.0. The molecule has 6 nitrogen and oxygen atoms in total. The van der Waals surface area contributed by atoms with Gasteiger partial charge in [-0.05, 0) is 48.0 Å². The van der Waals surface area contributed by atoms with E-state index in [1.165, 1.54) is 36.5 Å². The Hall–Kier alpha value is -3.50. The van der Waals surface area contributed by atoms with Crippen molar-refractivity contribution in [2.45, 2.75) is 12.2 Å². The van der Waals surface area contributed by atoms with Gasteiger partial charge in [0.2, 0.25) is 0 Å². The fraction of sp³-hybridized carbons (Fsp3) is 0.280. The second-order valence-electron chi connectivity index (χ2n) is 8.03. The number of aromatic nitrogens is 1. The quantitative estimate of drug-likeness (QED) is 0.469. The lowest BCUT2D eigenvalue weighted by Gasteiger charge is -2.35. The van der Waals surface area contributed by atoms with Gasteiger partial charge in [-0.1, -0.05) is 18.2 Å². The average Bonchev–Trinajstić information content (AvgIpc) is 2.85. The van der Waals surface area contributed by atoms with E-state index in [0.717, 1.165) is 12.1 Å². The normalized spacial score (nSPS) is 15.4. The number of nitrogens with one attached hydrogen (secondary N) is 2. The van der Waals surface area contributed by atoms with Gasteiger partial charge in [0.25, 0.3) is 5.91 Å². The van der Waals surface area contributed by atoms with Gasteiger partial charge in [0.15, 0.2) is 0 Å². The van der Waals surface area contributed by atoms with Crippen molar-refractivity contribution in [2.75, 3.05) is 38.2 Å². The number of pyridine rings is 1. The highest BCUT2D eigenvalue weighted by atomic mass is 19.4. The van der Waals surface area contributed by atoms with Gasteiger partial charge in [-0.25, -0.2) is 9.37 Å². The Morgan fingerprint density at radius 2 is 1.80 bits per heavy atom. The molecule has 1 saturated heterocycles. The molecule has 184 valence electrons. The molecule has 0 spiro atoms. The first kappa shape index (κ1) is 24.6. The molecular formula is C25H24F4N4O2. The lowest BCUT2D eigenvalue weighted by molar-refractivity contribution is -0.137. The third-order valence-electron chi connectivity index (χ3n) is 5.70. The fourth-order valence-electron chi connectivity index (χ4n) is 3.92. The Bertz CT molecular complexity index is 1150. The summed E-state index contributed by atoms with van der Waals surface area (Å²) in [5.41, 5.74) is 0.623. The topological polar surface area (TPSA) is 66.5 Å². The van der Waals surface area contributed by atoms with Crippen LogP contribution in [0.5, 0.6) is 0 Å². The lowest BCUT2D eigenvalue weighted by atomic mass is 10.0. The summed E-state index contributed by atoms with van der Waals surface area (Å²) in [5, 5.41) is 5.83. The fourth-order valence-corrected chi connectivity index (χ4v) is 3.92. The Balaban J connectivity index is 1.51. The van der Waals surface area contributed by atoms with Gasteiger partial charge in [0, 0.05) is 31.5 Å². The summed E-state index contributed by atoms with van der Waals surface area (Å²) in [6, 6.07) is 13.6. The predicted molar refractivity (Wildman–Crippen MR) is 123 cm³/mol. The van der Waals surface area contributed by atoms with Crippen molar-refractivity contribution in [1.82, 2.24) is 15.2 Å². The molecule has 1 fully saturated rings. The summed E-state index contributed by atoms with van der Waals surface area (Å²) in [7, 11) is 0. The highest BCUT2D eigenvalue weighted by Gasteiger charge is 2.31. The molecule has 1 aliphatic heterocycles. The van der Waals surface area contributed by atoms with E-state index < -0.39 is 23.5 Å². The number of carbonyl (C=O) groups is 1. The molecule has 0 radical (unpaired) electrons. The van der Waals surface area contributed by atoms with Crippen molar-refractivity contribution in [1.29, 1.82) is 0 Å². The monoisotopic (exact) mass is 488 g/mol. The molecule has 1 amide bonds. The number of alkyl halides is 3. The Morgan fingerprint density at radius 3 is 2.49 bits per heavy atom. The largest absolute Gasteiger partial charge is 0.416 e. The van der Waals surface area contributed by atoms with Gasteiger partial charge >= 0.3 is 6.18 Å². The Labute approximate surface area is 199 Å². The molecule has 3 aromatic rings. The van der Waals surface area contributed by atoms with Crippen LogP contribution in [0.25, 0.3) is 0 Å². The van der Waals surface area contributed by atoms with Crippen LogP contribution in [0.3, 0.4) is 0 Å². The number of morpholine rings is 1. The van der Waals surface area contributed by atoms with Crippen LogP contribution < -0.4 is 10.6 Å². The number of carbonyl (C=O) groups excluding carboxylic acids is 1. The number of benzene rings is 2. The van der Waals surface area contributed by atoms with Crippen LogP contribution in [-0.4, -0.2) is 48.6 Å². The number of nitrogens with zero attached hydrogens (tertiary/aromatic N) is 2. The summed E-state index contributed by atoms with van der Waals surface area (Å²) >= 11 is 0. The van der Waals surface area contributed by atoms with Crippen molar-refractivity contribution in [2.24, 2.45) is 0 Å². The summed E-state index contributed by atoms with van der Waals surface area (Å²) in [4.78, 5) is 19.3. The number of rotatable bonds is 7. The highest BCUT2D eigenvalue weighted by molar-refractivity contribution is 5.99. The second kappa shape index (κ2) is 10.8. The molecule has 2 N–H and O–H groups in total. The number of anilines is 2. The average molecular weight is 488 g/mol. The predicted octanol–water partition coefficient (Wildman–Crippen LogP) is 4.79. The zero-order valence-corrected chi connectivity index (χ0v) is 18.7. The van der Waals surface area contributed by atoms with Crippen LogP contribution >= 0.6 is 0 Å². The molecule has 1 aliphatic rings. The van der Waals surface area contributed by atoms with Gasteiger partial charge in [-0.3, -0.25) is 9.69 Å². The minimum absolute atomic E-state index is 0.165. The van der Waals surface area contributed by atoms with E-state index >= 15 is 0 Å². The maximum Gasteiger partial charge on any atom is 0.416 e. The van der Waals surface area contributed by atoms with Crippen LogP contribution in [0, 0.1) is 5.82 Å². The van der Waals surface area contributed by atoms with E-state index in [2.05, 4.69) is 20.5 Å². The molecule has 0 aliphatic carbocycles. The Morgan fingerprint density at radius 1 is 1.06 bits per heavy atom. The molecule has 1 aromatic heterocycles.